The van der Waals surface area contributed by atoms with Gasteiger partial charge in [-0.2, -0.15) is 0 Å². The van der Waals surface area contributed by atoms with Crippen molar-refractivity contribution in [3.63, 3.8) is 0 Å². The molecule has 6 heteroatoms. The van der Waals surface area contributed by atoms with Gasteiger partial charge in [-0.05, 0) is 43.2 Å². The number of aryl methyl sites for hydroxylation is 2. The van der Waals surface area contributed by atoms with Crippen molar-refractivity contribution < 1.29 is 9.94 Å². The Morgan fingerprint density at radius 2 is 2.10 bits per heavy atom. The van der Waals surface area contributed by atoms with Gasteiger partial charge in [0.05, 0.1) is 10.6 Å². The van der Waals surface area contributed by atoms with E-state index in [1.54, 1.807) is 24.4 Å². The first-order chi connectivity index (χ1) is 9.52. The summed E-state index contributed by atoms with van der Waals surface area (Å²) >= 11 is 6.09. The van der Waals surface area contributed by atoms with Gasteiger partial charge in [-0.1, -0.05) is 22.8 Å². The summed E-state index contributed by atoms with van der Waals surface area (Å²) in [5.41, 5.74) is 7.89. The molecule has 1 heterocycles. The number of amidine groups is 1. The van der Waals surface area contributed by atoms with Crippen LogP contribution in [0, 0.1) is 13.8 Å². The standard InChI is InChI=1S/C14H14ClN3O2/c1-8-3-4-10(15)11(7-8)20-14-12(13(16)18-19)9(2)5-6-17-14/h3-7,19H,1-2H3,(H2,16,18). The van der Waals surface area contributed by atoms with Crippen molar-refractivity contribution >= 4 is 17.4 Å². The topological polar surface area (TPSA) is 80.7 Å². The Balaban J connectivity index is 2.49. The molecule has 0 fully saturated rings. The molecule has 0 amide bonds. The van der Waals surface area contributed by atoms with Crippen LogP contribution < -0.4 is 10.5 Å². The summed E-state index contributed by atoms with van der Waals surface area (Å²) < 4.78 is 5.71. The zero-order chi connectivity index (χ0) is 14.7. The maximum atomic E-state index is 8.86. The number of oxime groups is 1. The molecular weight excluding hydrogens is 278 g/mol. The smallest absolute Gasteiger partial charge is 0.230 e. The number of nitrogens with zero attached hydrogens (tertiary/aromatic N) is 2. The van der Waals surface area contributed by atoms with Gasteiger partial charge in [0.25, 0.3) is 0 Å². The number of aromatic nitrogens is 1. The molecule has 0 aliphatic heterocycles. The minimum atomic E-state index is -0.0608. The molecular formula is C14H14ClN3O2. The first-order valence-electron chi connectivity index (χ1n) is 5.90. The Morgan fingerprint density at radius 1 is 1.35 bits per heavy atom. The van der Waals surface area contributed by atoms with Gasteiger partial charge < -0.3 is 15.7 Å². The summed E-state index contributed by atoms with van der Waals surface area (Å²) in [4.78, 5) is 4.12. The van der Waals surface area contributed by atoms with Crippen molar-refractivity contribution in [2.45, 2.75) is 13.8 Å². The van der Waals surface area contributed by atoms with Gasteiger partial charge in [-0.15, -0.1) is 0 Å². The molecule has 1 aromatic carbocycles. The number of benzene rings is 1. The summed E-state index contributed by atoms with van der Waals surface area (Å²) in [6.45, 7) is 3.75. The average Bonchev–Trinajstić information content (AvgIpc) is 2.42. The van der Waals surface area contributed by atoms with Crippen molar-refractivity contribution in [2.24, 2.45) is 10.9 Å². The fraction of sp³-hybridized carbons (Fsp3) is 0.143. The van der Waals surface area contributed by atoms with Crippen LogP contribution >= 0.6 is 11.6 Å². The third kappa shape index (κ3) is 2.83. The lowest BCUT2D eigenvalue weighted by molar-refractivity contribution is 0.318. The molecule has 2 rings (SSSR count). The largest absolute Gasteiger partial charge is 0.437 e. The summed E-state index contributed by atoms with van der Waals surface area (Å²) in [6.07, 6.45) is 1.59. The van der Waals surface area contributed by atoms with Crippen LogP contribution in [0.15, 0.2) is 35.6 Å². The summed E-state index contributed by atoms with van der Waals surface area (Å²) in [5.74, 6) is 0.652. The van der Waals surface area contributed by atoms with E-state index in [2.05, 4.69) is 10.1 Å². The van der Waals surface area contributed by atoms with Crippen LogP contribution in [-0.4, -0.2) is 16.0 Å². The van der Waals surface area contributed by atoms with E-state index in [1.807, 2.05) is 19.9 Å². The molecule has 0 unspecified atom stereocenters. The van der Waals surface area contributed by atoms with E-state index in [0.29, 0.717) is 16.3 Å². The van der Waals surface area contributed by atoms with Crippen LogP contribution in [0.4, 0.5) is 0 Å². The van der Waals surface area contributed by atoms with E-state index in [1.165, 1.54) is 0 Å². The normalized spacial score (nSPS) is 11.4. The third-order valence-corrected chi connectivity index (χ3v) is 3.09. The number of hydrogen-bond acceptors (Lipinski definition) is 4. The molecule has 0 saturated heterocycles. The molecule has 2 aromatic rings. The van der Waals surface area contributed by atoms with Crippen molar-refractivity contribution in [3.8, 4) is 11.6 Å². The molecule has 0 aliphatic carbocycles. The molecule has 0 aliphatic rings. The van der Waals surface area contributed by atoms with Gasteiger partial charge >= 0.3 is 0 Å². The number of pyridine rings is 1. The van der Waals surface area contributed by atoms with Gasteiger partial charge in [0.15, 0.2) is 5.84 Å². The zero-order valence-corrected chi connectivity index (χ0v) is 11.8. The minimum absolute atomic E-state index is 0.0608. The Morgan fingerprint density at radius 3 is 2.80 bits per heavy atom. The van der Waals surface area contributed by atoms with Crippen LogP contribution in [0.5, 0.6) is 11.6 Å². The lowest BCUT2D eigenvalue weighted by Crippen LogP contribution is -2.16. The van der Waals surface area contributed by atoms with Crippen LogP contribution in [0.1, 0.15) is 16.7 Å². The van der Waals surface area contributed by atoms with E-state index < -0.39 is 0 Å². The van der Waals surface area contributed by atoms with E-state index in [4.69, 9.17) is 27.3 Å². The summed E-state index contributed by atoms with van der Waals surface area (Å²) in [7, 11) is 0. The molecule has 20 heavy (non-hydrogen) atoms. The van der Waals surface area contributed by atoms with Crippen LogP contribution in [0.3, 0.4) is 0 Å². The molecule has 0 radical (unpaired) electrons. The van der Waals surface area contributed by atoms with Crippen molar-refractivity contribution in [3.05, 3.63) is 52.2 Å². The first-order valence-corrected chi connectivity index (χ1v) is 6.28. The van der Waals surface area contributed by atoms with Crippen molar-refractivity contribution in [2.75, 3.05) is 0 Å². The lowest BCUT2D eigenvalue weighted by Gasteiger charge is -2.12. The van der Waals surface area contributed by atoms with Crippen LogP contribution in [0.2, 0.25) is 5.02 Å². The minimum Gasteiger partial charge on any atom is -0.437 e. The fourth-order valence-electron chi connectivity index (χ4n) is 1.77. The highest BCUT2D eigenvalue weighted by Crippen LogP contribution is 2.31. The molecule has 0 saturated carbocycles. The van der Waals surface area contributed by atoms with Gasteiger partial charge in [0, 0.05) is 6.20 Å². The van der Waals surface area contributed by atoms with Gasteiger partial charge in [0.1, 0.15) is 5.75 Å². The Bertz CT molecular complexity index is 671. The van der Waals surface area contributed by atoms with Gasteiger partial charge in [0.2, 0.25) is 5.88 Å². The molecule has 1 aromatic heterocycles. The second-order valence-corrected chi connectivity index (χ2v) is 4.74. The van der Waals surface area contributed by atoms with E-state index in [9.17, 15) is 0 Å². The number of rotatable bonds is 3. The SMILES string of the molecule is Cc1ccc(Cl)c(Oc2nccc(C)c2/C(N)=N/O)c1. The average molecular weight is 292 g/mol. The summed E-state index contributed by atoms with van der Waals surface area (Å²) in [5, 5.41) is 12.3. The zero-order valence-electron chi connectivity index (χ0n) is 11.1. The molecule has 5 nitrogen and oxygen atoms in total. The second kappa shape index (κ2) is 5.79. The number of hydrogen-bond donors (Lipinski definition) is 2. The number of ether oxygens (including phenoxy) is 1. The highest BCUT2D eigenvalue weighted by Gasteiger charge is 2.15. The predicted molar refractivity (Wildman–Crippen MR) is 77.7 cm³/mol. The number of nitrogens with two attached hydrogens (primary N) is 1. The van der Waals surface area contributed by atoms with Gasteiger partial charge in [-0.3, -0.25) is 0 Å². The van der Waals surface area contributed by atoms with Crippen molar-refractivity contribution in [1.29, 1.82) is 0 Å². The van der Waals surface area contributed by atoms with Crippen LogP contribution in [0.25, 0.3) is 0 Å². The molecule has 0 bridgehead atoms. The maximum Gasteiger partial charge on any atom is 0.230 e. The van der Waals surface area contributed by atoms with Crippen molar-refractivity contribution in [1.82, 2.24) is 4.98 Å². The van der Waals surface area contributed by atoms with E-state index >= 15 is 0 Å². The highest BCUT2D eigenvalue weighted by atomic mass is 35.5. The van der Waals surface area contributed by atoms with Gasteiger partial charge in [-0.25, -0.2) is 4.98 Å². The molecule has 104 valence electrons. The third-order valence-electron chi connectivity index (χ3n) is 2.78. The second-order valence-electron chi connectivity index (χ2n) is 4.33. The Kier molecular flexibility index (Phi) is 4.10. The van der Waals surface area contributed by atoms with E-state index in [0.717, 1.165) is 11.1 Å². The summed E-state index contributed by atoms with van der Waals surface area (Å²) in [6, 6.07) is 7.16. The first kappa shape index (κ1) is 14.1. The molecule has 3 N–H and O–H groups in total. The number of halogens is 1. The maximum absolute atomic E-state index is 8.86. The fourth-order valence-corrected chi connectivity index (χ4v) is 1.92. The monoisotopic (exact) mass is 291 g/mol. The predicted octanol–water partition coefficient (Wildman–Crippen LogP) is 3.24. The Labute approximate surface area is 121 Å². The quantitative estimate of drug-likeness (QED) is 0.394. The highest BCUT2D eigenvalue weighted by molar-refractivity contribution is 6.32. The Hall–Kier alpha value is -2.27. The van der Waals surface area contributed by atoms with E-state index in [-0.39, 0.29) is 11.7 Å². The molecule has 0 atom stereocenters. The molecule has 0 spiro atoms. The van der Waals surface area contributed by atoms with Crippen LogP contribution in [-0.2, 0) is 0 Å². The lowest BCUT2D eigenvalue weighted by atomic mass is 10.1.